The molecule has 0 unspecified atom stereocenters. The molecule has 0 fully saturated rings. The van der Waals surface area contributed by atoms with Gasteiger partial charge < -0.3 is 9.88 Å². The molecular formula is C19H20N4O3S. The molecule has 7 nitrogen and oxygen atoms in total. The minimum absolute atomic E-state index is 0.266. The zero-order chi connectivity index (χ0) is 19.4. The molecule has 0 bridgehead atoms. The second-order valence-electron chi connectivity index (χ2n) is 6.10. The Bertz CT molecular complexity index is 1030. The molecule has 1 aromatic heterocycles. The fourth-order valence-electron chi connectivity index (χ4n) is 2.52. The third kappa shape index (κ3) is 4.53. The molecular weight excluding hydrogens is 364 g/mol. The number of amides is 1. The SMILES string of the molecule is CN(c1cccc(C(=O)NCc2ccc(-n3ccnc3)cc2)c1)S(C)(=O)=O. The maximum Gasteiger partial charge on any atom is 0.251 e. The molecule has 140 valence electrons. The summed E-state index contributed by atoms with van der Waals surface area (Å²) in [4.78, 5) is 16.4. The van der Waals surface area contributed by atoms with E-state index in [2.05, 4.69) is 10.3 Å². The minimum Gasteiger partial charge on any atom is -0.348 e. The molecule has 1 heterocycles. The van der Waals surface area contributed by atoms with E-state index >= 15 is 0 Å². The summed E-state index contributed by atoms with van der Waals surface area (Å²) in [5, 5.41) is 2.85. The fraction of sp³-hybridized carbons (Fsp3) is 0.158. The molecule has 0 radical (unpaired) electrons. The number of carbonyl (C=O) groups is 1. The molecule has 1 N–H and O–H groups in total. The quantitative estimate of drug-likeness (QED) is 0.706. The van der Waals surface area contributed by atoms with E-state index in [0.29, 0.717) is 17.8 Å². The average molecular weight is 384 g/mol. The Balaban J connectivity index is 1.66. The van der Waals surface area contributed by atoms with Gasteiger partial charge in [0, 0.05) is 37.2 Å². The molecule has 0 atom stereocenters. The maximum absolute atomic E-state index is 12.4. The number of hydrogen-bond donors (Lipinski definition) is 1. The van der Waals surface area contributed by atoms with E-state index in [1.807, 2.05) is 35.0 Å². The molecule has 0 aliphatic heterocycles. The first-order chi connectivity index (χ1) is 12.8. The third-order valence-corrected chi connectivity index (χ3v) is 5.37. The first-order valence-corrected chi connectivity index (χ1v) is 10.1. The lowest BCUT2D eigenvalue weighted by atomic mass is 10.1. The first kappa shape index (κ1) is 18.7. The number of rotatable bonds is 6. The van der Waals surface area contributed by atoms with Crippen molar-refractivity contribution in [2.24, 2.45) is 0 Å². The minimum atomic E-state index is -3.38. The molecule has 0 aliphatic rings. The predicted molar refractivity (Wildman–Crippen MR) is 104 cm³/mol. The first-order valence-electron chi connectivity index (χ1n) is 8.24. The number of carbonyl (C=O) groups excluding carboxylic acids is 1. The molecule has 0 spiro atoms. The van der Waals surface area contributed by atoms with Gasteiger partial charge in [0.05, 0.1) is 18.3 Å². The Morgan fingerprint density at radius 3 is 2.56 bits per heavy atom. The number of aromatic nitrogens is 2. The third-order valence-electron chi connectivity index (χ3n) is 4.16. The normalized spacial score (nSPS) is 11.2. The van der Waals surface area contributed by atoms with E-state index < -0.39 is 10.0 Å². The molecule has 3 aromatic rings. The van der Waals surface area contributed by atoms with Crippen LogP contribution in [0.3, 0.4) is 0 Å². The van der Waals surface area contributed by atoms with Crippen LogP contribution in [0.4, 0.5) is 5.69 Å². The maximum atomic E-state index is 12.4. The Kier molecular flexibility index (Phi) is 5.27. The molecule has 0 aliphatic carbocycles. The van der Waals surface area contributed by atoms with E-state index in [0.717, 1.165) is 21.8 Å². The van der Waals surface area contributed by atoms with Gasteiger partial charge in [0.15, 0.2) is 0 Å². The van der Waals surface area contributed by atoms with Gasteiger partial charge >= 0.3 is 0 Å². The number of nitrogens with one attached hydrogen (secondary N) is 1. The number of imidazole rings is 1. The van der Waals surface area contributed by atoms with Crippen molar-refractivity contribution in [3.8, 4) is 5.69 Å². The number of sulfonamides is 1. The summed E-state index contributed by atoms with van der Waals surface area (Å²) in [6.45, 7) is 0.370. The van der Waals surface area contributed by atoms with Gasteiger partial charge in [-0.05, 0) is 35.9 Å². The van der Waals surface area contributed by atoms with Crippen LogP contribution >= 0.6 is 0 Å². The zero-order valence-corrected chi connectivity index (χ0v) is 15.8. The zero-order valence-electron chi connectivity index (χ0n) is 15.0. The fourth-order valence-corrected chi connectivity index (χ4v) is 3.01. The summed E-state index contributed by atoms with van der Waals surface area (Å²) in [7, 11) is -1.93. The van der Waals surface area contributed by atoms with Crippen LogP contribution in [-0.4, -0.2) is 37.2 Å². The van der Waals surface area contributed by atoms with Crippen molar-refractivity contribution in [1.29, 1.82) is 0 Å². The van der Waals surface area contributed by atoms with Crippen LogP contribution in [-0.2, 0) is 16.6 Å². The summed E-state index contributed by atoms with van der Waals surface area (Å²) in [5.41, 5.74) is 2.78. The average Bonchev–Trinajstić information content (AvgIpc) is 3.20. The van der Waals surface area contributed by atoms with Crippen molar-refractivity contribution in [3.63, 3.8) is 0 Å². The number of hydrogen-bond acceptors (Lipinski definition) is 4. The highest BCUT2D eigenvalue weighted by Crippen LogP contribution is 2.17. The van der Waals surface area contributed by atoms with Gasteiger partial charge in [0.2, 0.25) is 10.0 Å². The highest BCUT2D eigenvalue weighted by atomic mass is 32.2. The Labute approximate surface area is 158 Å². The van der Waals surface area contributed by atoms with E-state index in [9.17, 15) is 13.2 Å². The number of benzene rings is 2. The van der Waals surface area contributed by atoms with Crippen LogP contribution in [0.1, 0.15) is 15.9 Å². The van der Waals surface area contributed by atoms with E-state index in [1.54, 1.807) is 36.8 Å². The van der Waals surface area contributed by atoms with E-state index in [4.69, 9.17) is 0 Å². The van der Waals surface area contributed by atoms with Gasteiger partial charge in [-0.2, -0.15) is 0 Å². The van der Waals surface area contributed by atoms with Gasteiger partial charge in [0.1, 0.15) is 0 Å². The highest BCUT2D eigenvalue weighted by molar-refractivity contribution is 7.92. The van der Waals surface area contributed by atoms with Crippen LogP contribution < -0.4 is 9.62 Å². The van der Waals surface area contributed by atoms with Crippen molar-refractivity contribution in [3.05, 3.63) is 78.4 Å². The molecule has 2 aromatic carbocycles. The lowest BCUT2D eigenvalue weighted by Gasteiger charge is -2.17. The topological polar surface area (TPSA) is 84.3 Å². The predicted octanol–water partition coefficient (Wildman–Crippen LogP) is 2.20. The van der Waals surface area contributed by atoms with Crippen LogP contribution in [0.5, 0.6) is 0 Å². The van der Waals surface area contributed by atoms with Gasteiger partial charge in [0.25, 0.3) is 5.91 Å². The van der Waals surface area contributed by atoms with Crippen molar-refractivity contribution < 1.29 is 13.2 Å². The summed E-state index contributed by atoms with van der Waals surface area (Å²) in [5.74, 6) is -0.266. The highest BCUT2D eigenvalue weighted by Gasteiger charge is 2.14. The van der Waals surface area contributed by atoms with Crippen molar-refractivity contribution in [2.45, 2.75) is 6.54 Å². The number of anilines is 1. The summed E-state index contributed by atoms with van der Waals surface area (Å²) in [6.07, 6.45) is 6.41. The van der Waals surface area contributed by atoms with Crippen molar-refractivity contribution in [1.82, 2.24) is 14.9 Å². The molecule has 8 heteroatoms. The Hall–Kier alpha value is -3.13. The van der Waals surface area contributed by atoms with Gasteiger partial charge in [-0.3, -0.25) is 9.10 Å². The second-order valence-corrected chi connectivity index (χ2v) is 8.11. The lowest BCUT2D eigenvalue weighted by Crippen LogP contribution is -2.26. The van der Waals surface area contributed by atoms with Crippen LogP contribution in [0.15, 0.2) is 67.3 Å². The van der Waals surface area contributed by atoms with Crippen LogP contribution in [0, 0.1) is 0 Å². The largest absolute Gasteiger partial charge is 0.348 e. The van der Waals surface area contributed by atoms with Crippen molar-refractivity contribution >= 4 is 21.6 Å². The Morgan fingerprint density at radius 2 is 1.93 bits per heavy atom. The van der Waals surface area contributed by atoms with Gasteiger partial charge in [-0.25, -0.2) is 13.4 Å². The van der Waals surface area contributed by atoms with E-state index in [1.165, 1.54) is 7.05 Å². The lowest BCUT2D eigenvalue weighted by molar-refractivity contribution is 0.0951. The van der Waals surface area contributed by atoms with Crippen molar-refractivity contribution in [2.75, 3.05) is 17.6 Å². The summed E-state index contributed by atoms with van der Waals surface area (Å²) in [6, 6.07) is 14.3. The molecule has 0 saturated carbocycles. The molecule has 3 rings (SSSR count). The van der Waals surface area contributed by atoms with Crippen LogP contribution in [0.25, 0.3) is 5.69 Å². The summed E-state index contributed by atoms with van der Waals surface area (Å²) >= 11 is 0. The van der Waals surface area contributed by atoms with Gasteiger partial charge in [-0.1, -0.05) is 18.2 Å². The second kappa shape index (κ2) is 7.63. The molecule has 1 amide bonds. The molecule has 27 heavy (non-hydrogen) atoms. The van der Waals surface area contributed by atoms with Gasteiger partial charge in [-0.15, -0.1) is 0 Å². The number of nitrogens with zero attached hydrogens (tertiary/aromatic N) is 3. The molecule has 0 saturated heterocycles. The monoisotopic (exact) mass is 384 g/mol. The van der Waals surface area contributed by atoms with E-state index in [-0.39, 0.29) is 5.91 Å². The smallest absolute Gasteiger partial charge is 0.251 e. The summed E-state index contributed by atoms with van der Waals surface area (Å²) < 4.78 is 26.3. The standard InChI is InChI=1S/C19H20N4O3S/c1-22(27(2,25)26)18-5-3-4-16(12-18)19(24)21-13-15-6-8-17(9-7-15)23-11-10-20-14-23/h3-12,14H,13H2,1-2H3,(H,21,24). The van der Waals surface area contributed by atoms with Crippen LogP contribution in [0.2, 0.25) is 0 Å². The Morgan fingerprint density at radius 1 is 1.19 bits per heavy atom.